The van der Waals surface area contributed by atoms with E-state index in [1.54, 1.807) is 31.4 Å². The standard InChI is InChI=1S/C19H18N2O4/c1-11-15-8-7-14(24-2)10-16(15)21-17(11)18(22)20-13-6-4-5-12(9-13)19(23)25-3/h4-10,21H,1-3H3,(H,20,22). The molecule has 0 radical (unpaired) electrons. The number of aromatic nitrogens is 1. The Kier molecular flexibility index (Phi) is 4.43. The summed E-state index contributed by atoms with van der Waals surface area (Å²) in [7, 11) is 2.91. The highest BCUT2D eigenvalue weighted by Crippen LogP contribution is 2.26. The lowest BCUT2D eigenvalue weighted by atomic mass is 10.1. The average molecular weight is 338 g/mol. The van der Waals surface area contributed by atoms with Crippen molar-refractivity contribution in [2.75, 3.05) is 19.5 Å². The molecule has 0 saturated carbocycles. The minimum absolute atomic E-state index is 0.283. The van der Waals surface area contributed by atoms with Gasteiger partial charge in [-0.15, -0.1) is 0 Å². The van der Waals surface area contributed by atoms with Gasteiger partial charge in [-0.3, -0.25) is 4.79 Å². The molecule has 0 fully saturated rings. The highest BCUT2D eigenvalue weighted by molar-refractivity contribution is 6.08. The monoisotopic (exact) mass is 338 g/mol. The Morgan fingerprint density at radius 3 is 2.60 bits per heavy atom. The minimum Gasteiger partial charge on any atom is -0.497 e. The van der Waals surface area contributed by atoms with E-state index in [4.69, 9.17) is 9.47 Å². The van der Waals surface area contributed by atoms with E-state index < -0.39 is 5.97 Å². The van der Waals surface area contributed by atoms with Gasteiger partial charge in [-0.1, -0.05) is 6.07 Å². The molecule has 1 heterocycles. The van der Waals surface area contributed by atoms with Crippen LogP contribution in [0.5, 0.6) is 5.75 Å². The molecule has 128 valence electrons. The number of anilines is 1. The summed E-state index contributed by atoms with van der Waals surface area (Å²) in [4.78, 5) is 27.3. The van der Waals surface area contributed by atoms with Gasteiger partial charge in [0.1, 0.15) is 11.4 Å². The van der Waals surface area contributed by atoms with Crippen LogP contribution in [0.3, 0.4) is 0 Å². The van der Waals surface area contributed by atoms with Crippen molar-refractivity contribution in [1.82, 2.24) is 4.98 Å². The van der Waals surface area contributed by atoms with Crippen molar-refractivity contribution in [1.29, 1.82) is 0 Å². The van der Waals surface area contributed by atoms with E-state index in [-0.39, 0.29) is 5.91 Å². The largest absolute Gasteiger partial charge is 0.497 e. The molecule has 3 aromatic rings. The maximum absolute atomic E-state index is 12.6. The molecule has 0 aliphatic carbocycles. The topological polar surface area (TPSA) is 80.4 Å². The maximum atomic E-state index is 12.6. The third-order valence-corrected chi connectivity index (χ3v) is 4.03. The number of hydrogen-bond acceptors (Lipinski definition) is 4. The Morgan fingerprint density at radius 1 is 1.08 bits per heavy atom. The van der Waals surface area contributed by atoms with Crippen molar-refractivity contribution < 1.29 is 19.1 Å². The lowest BCUT2D eigenvalue weighted by Crippen LogP contribution is -2.14. The van der Waals surface area contributed by atoms with Crippen LogP contribution in [0, 0.1) is 6.92 Å². The highest BCUT2D eigenvalue weighted by Gasteiger charge is 2.16. The smallest absolute Gasteiger partial charge is 0.337 e. The number of carbonyl (C=O) groups excluding carboxylic acids is 2. The molecule has 3 rings (SSSR count). The van der Waals surface area contributed by atoms with Crippen LogP contribution >= 0.6 is 0 Å². The summed E-state index contributed by atoms with van der Waals surface area (Å²) in [5.41, 5.74) is 3.03. The molecular weight excluding hydrogens is 320 g/mol. The number of fused-ring (bicyclic) bond motifs is 1. The molecule has 0 unspecified atom stereocenters. The number of hydrogen-bond donors (Lipinski definition) is 2. The number of aryl methyl sites for hydroxylation is 1. The molecule has 0 bridgehead atoms. The van der Waals surface area contributed by atoms with Gasteiger partial charge in [0.2, 0.25) is 0 Å². The number of rotatable bonds is 4. The van der Waals surface area contributed by atoms with Crippen molar-refractivity contribution in [3.8, 4) is 5.75 Å². The summed E-state index contributed by atoms with van der Waals surface area (Å²) in [5, 5.41) is 3.75. The van der Waals surface area contributed by atoms with E-state index in [0.29, 0.717) is 22.7 Å². The van der Waals surface area contributed by atoms with E-state index in [2.05, 4.69) is 10.3 Å². The van der Waals surface area contributed by atoms with E-state index in [9.17, 15) is 9.59 Å². The molecule has 6 heteroatoms. The maximum Gasteiger partial charge on any atom is 0.337 e. The third-order valence-electron chi connectivity index (χ3n) is 4.03. The van der Waals surface area contributed by atoms with Crippen LogP contribution in [0.2, 0.25) is 0 Å². The van der Waals surface area contributed by atoms with Gasteiger partial charge in [-0.05, 0) is 42.8 Å². The first kappa shape index (κ1) is 16.6. The predicted molar refractivity (Wildman–Crippen MR) is 95.3 cm³/mol. The number of methoxy groups -OCH3 is 2. The second-order valence-corrected chi connectivity index (χ2v) is 5.56. The second-order valence-electron chi connectivity index (χ2n) is 5.56. The fourth-order valence-electron chi connectivity index (χ4n) is 2.71. The van der Waals surface area contributed by atoms with E-state index >= 15 is 0 Å². The molecule has 2 N–H and O–H groups in total. The molecular formula is C19H18N2O4. The summed E-state index contributed by atoms with van der Waals surface area (Å²) in [6.07, 6.45) is 0. The zero-order chi connectivity index (χ0) is 18.0. The second kappa shape index (κ2) is 6.68. The molecule has 0 aliphatic rings. The zero-order valence-electron chi connectivity index (χ0n) is 14.2. The molecule has 0 spiro atoms. The fourth-order valence-corrected chi connectivity index (χ4v) is 2.71. The lowest BCUT2D eigenvalue weighted by Gasteiger charge is -2.06. The summed E-state index contributed by atoms with van der Waals surface area (Å²) in [5.74, 6) is -0.0221. The van der Waals surface area contributed by atoms with Crippen LogP contribution in [-0.2, 0) is 4.74 Å². The quantitative estimate of drug-likeness (QED) is 0.713. The number of H-pyrrole nitrogens is 1. The van der Waals surface area contributed by atoms with Crippen molar-refractivity contribution in [2.24, 2.45) is 0 Å². The first-order valence-corrected chi connectivity index (χ1v) is 7.69. The highest BCUT2D eigenvalue weighted by atomic mass is 16.5. The average Bonchev–Trinajstić information content (AvgIpc) is 2.97. The van der Waals surface area contributed by atoms with E-state index in [0.717, 1.165) is 16.5 Å². The Bertz CT molecular complexity index is 959. The number of nitrogens with one attached hydrogen (secondary N) is 2. The molecule has 0 aliphatic heterocycles. The summed E-state index contributed by atoms with van der Waals surface area (Å²) in [6, 6.07) is 12.2. The van der Waals surface area contributed by atoms with Gasteiger partial charge < -0.3 is 19.8 Å². The van der Waals surface area contributed by atoms with Crippen LogP contribution < -0.4 is 10.1 Å². The van der Waals surface area contributed by atoms with Gasteiger partial charge in [0.15, 0.2) is 0 Å². The van der Waals surface area contributed by atoms with Gasteiger partial charge in [0, 0.05) is 22.7 Å². The van der Waals surface area contributed by atoms with Gasteiger partial charge in [-0.2, -0.15) is 0 Å². The van der Waals surface area contributed by atoms with Crippen LogP contribution in [0.1, 0.15) is 26.4 Å². The molecule has 0 atom stereocenters. The first-order valence-electron chi connectivity index (χ1n) is 7.69. The van der Waals surface area contributed by atoms with E-state index in [1.807, 2.05) is 25.1 Å². The van der Waals surface area contributed by atoms with Gasteiger partial charge in [0.05, 0.1) is 19.8 Å². The normalized spacial score (nSPS) is 10.5. The van der Waals surface area contributed by atoms with Gasteiger partial charge >= 0.3 is 5.97 Å². The number of carbonyl (C=O) groups is 2. The molecule has 1 aromatic heterocycles. The van der Waals surface area contributed by atoms with Crippen LogP contribution in [0.15, 0.2) is 42.5 Å². The van der Waals surface area contributed by atoms with Crippen molar-refractivity contribution in [3.05, 3.63) is 59.3 Å². The molecule has 2 aromatic carbocycles. The Morgan fingerprint density at radius 2 is 1.88 bits per heavy atom. The predicted octanol–water partition coefficient (Wildman–Crippen LogP) is 3.52. The summed E-state index contributed by atoms with van der Waals surface area (Å²) in [6.45, 7) is 1.88. The SMILES string of the molecule is COC(=O)c1cccc(NC(=O)c2[nH]c3cc(OC)ccc3c2C)c1. The Balaban J connectivity index is 1.90. The Hall–Kier alpha value is -3.28. The number of esters is 1. The third kappa shape index (κ3) is 3.19. The fraction of sp³-hybridized carbons (Fsp3) is 0.158. The van der Waals surface area contributed by atoms with Gasteiger partial charge in [-0.25, -0.2) is 4.79 Å². The van der Waals surface area contributed by atoms with E-state index in [1.165, 1.54) is 7.11 Å². The minimum atomic E-state index is -0.454. The number of aromatic amines is 1. The number of amides is 1. The van der Waals surface area contributed by atoms with Crippen molar-refractivity contribution >= 4 is 28.5 Å². The first-order chi connectivity index (χ1) is 12.0. The summed E-state index contributed by atoms with van der Waals surface area (Å²) < 4.78 is 9.90. The molecule has 1 amide bonds. The lowest BCUT2D eigenvalue weighted by molar-refractivity contribution is 0.0600. The number of benzene rings is 2. The van der Waals surface area contributed by atoms with Crippen LogP contribution in [0.4, 0.5) is 5.69 Å². The van der Waals surface area contributed by atoms with Crippen LogP contribution in [-0.4, -0.2) is 31.1 Å². The summed E-state index contributed by atoms with van der Waals surface area (Å²) >= 11 is 0. The molecule has 6 nitrogen and oxygen atoms in total. The number of ether oxygens (including phenoxy) is 2. The van der Waals surface area contributed by atoms with Gasteiger partial charge in [0.25, 0.3) is 5.91 Å². The Labute approximate surface area is 144 Å². The van der Waals surface area contributed by atoms with Crippen molar-refractivity contribution in [2.45, 2.75) is 6.92 Å². The van der Waals surface area contributed by atoms with Crippen LogP contribution in [0.25, 0.3) is 10.9 Å². The zero-order valence-corrected chi connectivity index (χ0v) is 14.2. The molecule has 0 saturated heterocycles. The molecule has 25 heavy (non-hydrogen) atoms. The van der Waals surface area contributed by atoms with Crippen molar-refractivity contribution in [3.63, 3.8) is 0 Å².